The van der Waals surface area contributed by atoms with Gasteiger partial charge in [-0.25, -0.2) is 4.79 Å². The second kappa shape index (κ2) is 4.49. The number of hydrogen-bond donors (Lipinski definition) is 1. The topological polar surface area (TPSA) is 68.0 Å². The number of nitrogens with zero attached hydrogens (tertiary/aromatic N) is 3. The predicted octanol–water partition coefficient (Wildman–Crippen LogP) is 0.913. The lowest BCUT2D eigenvalue weighted by atomic mass is 10.2. The first-order chi connectivity index (χ1) is 8.15. The van der Waals surface area contributed by atoms with E-state index in [0.717, 1.165) is 5.56 Å². The van der Waals surface area contributed by atoms with Gasteiger partial charge in [0.25, 0.3) is 0 Å². The molecule has 0 spiro atoms. The zero-order chi connectivity index (χ0) is 12.3. The number of pyridine rings is 1. The molecule has 2 aromatic heterocycles. The number of rotatable bonds is 1. The predicted molar refractivity (Wildman–Crippen MR) is 60.4 cm³/mol. The van der Waals surface area contributed by atoms with Crippen molar-refractivity contribution in [1.82, 2.24) is 14.8 Å². The molecule has 0 radical (unpaired) electrons. The van der Waals surface area contributed by atoms with Gasteiger partial charge in [0.1, 0.15) is 0 Å². The molecule has 2 aromatic rings. The van der Waals surface area contributed by atoms with E-state index in [2.05, 4.69) is 21.9 Å². The van der Waals surface area contributed by atoms with Gasteiger partial charge < -0.3 is 5.11 Å². The zero-order valence-electron chi connectivity index (χ0n) is 9.08. The quantitative estimate of drug-likeness (QED) is 0.735. The van der Waals surface area contributed by atoms with E-state index in [1.54, 1.807) is 24.1 Å². The molecule has 0 fully saturated rings. The molecule has 1 N–H and O–H groups in total. The second-order valence-electron chi connectivity index (χ2n) is 3.42. The van der Waals surface area contributed by atoms with Gasteiger partial charge in [-0.05, 0) is 6.07 Å². The fourth-order valence-corrected chi connectivity index (χ4v) is 1.26. The van der Waals surface area contributed by atoms with Crippen LogP contribution >= 0.6 is 0 Å². The average molecular weight is 227 g/mol. The van der Waals surface area contributed by atoms with E-state index in [-0.39, 0.29) is 5.56 Å². The number of hydrogen-bond acceptors (Lipinski definition) is 3. The normalized spacial score (nSPS) is 9.47. The molecule has 0 aliphatic heterocycles. The minimum atomic E-state index is -1.01. The monoisotopic (exact) mass is 227 g/mol. The van der Waals surface area contributed by atoms with Crippen LogP contribution in [0.5, 0.6) is 0 Å². The van der Waals surface area contributed by atoms with Crippen LogP contribution in [0.1, 0.15) is 21.5 Å². The molecule has 0 amide bonds. The van der Waals surface area contributed by atoms with Gasteiger partial charge >= 0.3 is 5.97 Å². The van der Waals surface area contributed by atoms with Crippen LogP contribution in [0.15, 0.2) is 30.9 Å². The van der Waals surface area contributed by atoms with E-state index in [1.165, 1.54) is 18.5 Å². The number of carbonyl (C=O) groups is 1. The van der Waals surface area contributed by atoms with Crippen molar-refractivity contribution >= 4 is 5.97 Å². The van der Waals surface area contributed by atoms with E-state index >= 15 is 0 Å². The smallest absolute Gasteiger partial charge is 0.337 e. The van der Waals surface area contributed by atoms with Crippen LogP contribution in [0, 0.1) is 11.8 Å². The van der Waals surface area contributed by atoms with E-state index in [9.17, 15) is 4.79 Å². The Morgan fingerprint density at radius 2 is 2.06 bits per heavy atom. The fraction of sp³-hybridized carbons (Fsp3) is 0.0833. The lowest BCUT2D eigenvalue weighted by Crippen LogP contribution is -1.97. The first kappa shape index (κ1) is 10.9. The van der Waals surface area contributed by atoms with Gasteiger partial charge in [0, 0.05) is 31.2 Å². The molecule has 0 aliphatic rings. The Morgan fingerprint density at radius 3 is 2.71 bits per heavy atom. The van der Waals surface area contributed by atoms with Gasteiger partial charge in [0.05, 0.1) is 17.3 Å². The first-order valence-corrected chi connectivity index (χ1v) is 4.84. The summed E-state index contributed by atoms with van der Waals surface area (Å²) in [5, 5.41) is 12.8. The Hall–Kier alpha value is -2.61. The maximum absolute atomic E-state index is 10.7. The van der Waals surface area contributed by atoms with Gasteiger partial charge in [-0.15, -0.1) is 0 Å². The van der Waals surface area contributed by atoms with Crippen LogP contribution in [0.2, 0.25) is 0 Å². The first-order valence-electron chi connectivity index (χ1n) is 4.84. The number of carboxylic acids is 1. The van der Waals surface area contributed by atoms with Crippen molar-refractivity contribution in [2.75, 3.05) is 0 Å². The molecule has 2 rings (SSSR count). The number of aromatic nitrogens is 3. The molecule has 0 atom stereocenters. The Labute approximate surface area is 97.7 Å². The lowest BCUT2D eigenvalue weighted by Gasteiger charge is -1.93. The van der Waals surface area contributed by atoms with E-state index in [1.807, 2.05) is 0 Å². The summed E-state index contributed by atoms with van der Waals surface area (Å²) in [6.07, 6.45) is 6.23. The molecular formula is C12H9N3O2. The molecular weight excluding hydrogens is 218 g/mol. The third kappa shape index (κ3) is 2.69. The van der Waals surface area contributed by atoms with Crippen LogP contribution in [0.4, 0.5) is 0 Å². The van der Waals surface area contributed by atoms with Crippen molar-refractivity contribution in [2.24, 2.45) is 7.05 Å². The van der Waals surface area contributed by atoms with Crippen molar-refractivity contribution in [3.63, 3.8) is 0 Å². The van der Waals surface area contributed by atoms with Crippen LogP contribution in [0.3, 0.4) is 0 Å². The summed E-state index contributed by atoms with van der Waals surface area (Å²) in [7, 11) is 1.80. The maximum Gasteiger partial charge on any atom is 0.337 e. The Kier molecular flexibility index (Phi) is 2.88. The highest BCUT2D eigenvalue weighted by molar-refractivity contribution is 5.87. The maximum atomic E-state index is 10.7. The van der Waals surface area contributed by atoms with E-state index in [0.29, 0.717) is 5.56 Å². The van der Waals surface area contributed by atoms with Gasteiger partial charge in [-0.2, -0.15) is 5.10 Å². The van der Waals surface area contributed by atoms with E-state index < -0.39 is 5.97 Å². The Bertz CT molecular complexity index is 620. The molecule has 0 aliphatic carbocycles. The van der Waals surface area contributed by atoms with Crippen LogP contribution in [0.25, 0.3) is 0 Å². The summed E-state index contributed by atoms with van der Waals surface area (Å²) in [6, 6.07) is 1.48. The van der Waals surface area contributed by atoms with Crippen molar-refractivity contribution in [1.29, 1.82) is 0 Å². The summed E-state index contributed by atoms with van der Waals surface area (Å²) in [6.45, 7) is 0. The Morgan fingerprint density at radius 1 is 1.29 bits per heavy atom. The minimum absolute atomic E-state index is 0.128. The molecule has 5 heteroatoms. The van der Waals surface area contributed by atoms with Crippen molar-refractivity contribution in [2.45, 2.75) is 0 Å². The van der Waals surface area contributed by atoms with Crippen molar-refractivity contribution in [3.8, 4) is 11.8 Å². The van der Waals surface area contributed by atoms with Crippen molar-refractivity contribution < 1.29 is 9.90 Å². The molecule has 17 heavy (non-hydrogen) atoms. The summed E-state index contributed by atoms with van der Waals surface area (Å²) in [5.41, 5.74) is 1.46. The summed E-state index contributed by atoms with van der Waals surface area (Å²) >= 11 is 0. The van der Waals surface area contributed by atoms with Crippen molar-refractivity contribution in [3.05, 3.63) is 47.5 Å². The summed E-state index contributed by atoms with van der Waals surface area (Å²) < 4.78 is 1.65. The summed E-state index contributed by atoms with van der Waals surface area (Å²) in [5.74, 6) is 4.71. The van der Waals surface area contributed by atoms with Crippen LogP contribution < -0.4 is 0 Å². The Balaban J connectivity index is 2.27. The third-order valence-corrected chi connectivity index (χ3v) is 2.04. The van der Waals surface area contributed by atoms with Gasteiger partial charge in [-0.1, -0.05) is 11.8 Å². The fourth-order valence-electron chi connectivity index (χ4n) is 1.26. The van der Waals surface area contributed by atoms with Gasteiger partial charge in [0.2, 0.25) is 0 Å². The number of aryl methyl sites for hydroxylation is 1. The second-order valence-corrected chi connectivity index (χ2v) is 3.42. The molecule has 0 saturated heterocycles. The standard InChI is InChI=1S/C12H9N3O2/c1-15-8-10(6-14-15)3-2-9-4-11(12(16)17)7-13-5-9/h4-8H,1H3,(H,16,17). The SMILES string of the molecule is Cn1cc(C#Cc2cncc(C(=O)O)c2)cn1. The average Bonchev–Trinajstić information content (AvgIpc) is 2.73. The number of carboxylic acid groups (broad SMARTS) is 1. The highest BCUT2D eigenvalue weighted by atomic mass is 16.4. The van der Waals surface area contributed by atoms with E-state index in [4.69, 9.17) is 5.11 Å². The highest BCUT2D eigenvalue weighted by Crippen LogP contribution is 2.02. The highest BCUT2D eigenvalue weighted by Gasteiger charge is 2.02. The molecule has 2 heterocycles. The summed E-state index contributed by atoms with van der Waals surface area (Å²) in [4.78, 5) is 14.5. The molecule has 84 valence electrons. The number of aromatic carboxylic acids is 1. The zero-order valence-corrected chi connectivity index (χ0v) is 9.08. The molecule has 0 saturated carbocycles. The minimum Gasteiger partial charge on any atom is -0.478 e. The lowest BCUT2D eigenvalue weighted by molar-refractivity contribution is 0.0696. The van der Waals surface area contributed by atoms with Gasteiger partial charge in [-0.3, -0.25) is 9.67 Å². The molecule has 5 nitrogen and oxygen atoms in total. The van der Waals surface area contributed by atoms with Crippen LogP contribution in [-0.2, 0) is 7.05 Å². The largest absolute Gasteiger partial charge is 0.478 e. The molecule has 0 bridgehead atoms. The van der Waals surface area contributed by atoms with Gasteiger partial charge in [0.15, 0.2) is 0 Å². The molecule has 0 aromatic carbocycles. The third-order valence-electron chi connectivity index (χ3n) is 2.04. The van der Waals surface area contributed by atoms with Crippen LogP contribution in [-0.4, -0.2) is 25.8 Å². The molecule has 0 unspecified atom stereocenters.